The largest absolute Gasteiger partial charge is 0.459 e. The summed E-state index contributed by atoms with van der Waals surface area (Å²) in [6.07, 6.45) is 6.72. The lowest BCUT2D eigenvalue weighted by molar-refractivity contribution is 0.153. The molecule has 30 heavy (non-hydrogen) atoms. The molecule has 2 aromatic heterocycles. The second kappa shape index (κ2) is 8.22. The minimum Gasteiger partial charge on any atom is -0.459 e. The van der Waals surface area contributed by atoms with Gasteiger partial charge in [-0.3, -0.25) is 0 Å². The fourth-order valence-corrected chi connectivity index (χ4v) is 4.18. The van der Waals surface area contributed by atoms with E-state index in [1.165, 1.54) is 24.0 Å². The zero-order valence-corrected chi connectivity index (χ0v) is 17.8. The van der Waals surface area contributed by atoms with E-state index in [0.717, 1.165) is 37.1 Å². The van der Waals surface area contributed by atoms with Crippen molar-refractivity contribution < 1.29 is 4.74 Å². The van der Waals surface area contributed by atoms with Gasteiger partial charge in [0.15, 0.2) is 5.65 Å². The number of rotatable bonds is 7. The molecule has 1 aromatic carbocycles. The van der Waals surface area contributed by atoms with Gasteiger partial charge in [-0.2, -0.15) is 19.6 Å². The topological polar surface area (TPSA) is 76.4 Å². The molecule has 5 rings (SSSR count). The van der Waals surface area contributed by atoms with Crippen molar-refractivity contribution in [2.24, 2.45) is 0 Å². The second-order valence-electron chi connectivity index (χ2n) is 8.73. The maximum Gasteiger partial charge on any atom is 0.322 e. The van der Waals surface area contributed by atoms with Gasteiger partial charge < -0.3 is 15.4 Å². The molecule has 0 bridgehead atoms. The maximum absolute atomic E-state index is 6.17. The Morgan fingerprint density at radius 2 is 2.07 bits per heavy atom. The summed E-state index contributed by atoms with van der Waals surface area (Å²) in [5.41, 5.74) is 4.69. The summed E-state index contributed by atoms with van der Waals surface area (Å²) in [4.78, 5) is 9.42. The third-order valence-electron chi connectivity index (χ3n) is 6.03. The van der Waals surface area contributed by atoms with Crippen LogP contribution in [0.5, 0.6) is 6.01 Å². The van der Waals surface area contributed by atoms with Crippen molar-refractivity contribution in [2.75, 3.05) is 18.4 Å². The summed E-state index contributed by atoms with van der Waals surface area (Å²) in [6.45, 7) is 6.91. The Morgan fingerprint density at radius 3 is 2.83 bits per heavy atom. The van der Waals surface area contributed by atoms with Crippen LogP contribution in [0.25, 0.3) is 5.65 Å². The van der Waals surface area contributed by atoms with E-state index in [2.05, 4.69) is 53.8 Å². The van der Waals surface area contributed by atoms with Gasteiger partial charge in [0.1, 0.15) is 6.10 Å². The molecule has 2 aliphatic rings. The number of aromatic nitrogens is 4. The molecular weight excluding hydrogens is 376 g/mol. The smallest absolute Gasteiger partial charge is 0.322 e. The van der Waals surface area contributed by atoms with Crippen LogP contribution in [0.15, 0.2) is 30.5 Å². The number of anilines is 1. The van der Waals surface area contributed by atoms with Gasteiger partial charge in [-0.15, -0.1) is 0 Å². The molecule has 3 heterocycles. The summed E-state index contributed by atoms with van der Waals surface area (Å²) in [5.74, 6) is 1.71. The molecule has 0 radical (unpaired) electrons. The number of nitrogens with zero attached hydrogens (tertiary/aromatic N) is 4. The minimum atomic E-state index is 0.107. The van der Waals surface area contributed by atoms with Crippen LogP contribution in [0.2, 0.25) is 0 Å². The number of hydrogen-bond donors (Lipinski definition) is 2. The maximum atomic E-state index is 6.17. The van der Waals surface area contributed by atoms with Gasteiger partial charge in [0.25, 0.3) is 0 Å². The van der Waals surface area contributed by atoms with Crippen molar-refractivity contribution in [3.8, 4) is 6.01 Å². The van der Waals surface area contributed by atoms with Crippen LogP contribution in [0.3, 0.4) is 0 Å². The Morgan fingerprint density at radius 1 is 1.20 bits per heavy atom. The van der Waals surface area contributed by atoms with Crippen LogP contribution in [-0.4, -0.2) is 38.8 Å². The summed E-state index contributed by atoms with van der Waals surface area (Å²) in [6, 6.07) is 9.11. The lowest BCUT2D eigenvalue weighted by atomic mass is 10.0. The molecule has 3 aromatic rings. The molecule has 158 valence electrons. The molecule has 1 saturated carbocycles. The third kappa shape index (κ3) is 3.99. The van der Waals surface area contributed by atoms with Crippen molar-refractivity contribution in [3.05, 3.63) is 47.2 Å². The van der Waals surface area contributed by atoms with Gasteiger partial charge in [0.2, 0.25) is 5.95 Å². The number of piperidine rings is 1. The first-order chi connectivity index (χ1) is 14.7. The van der Waals surface area contributed by atoms with Crippen LogP contribution >= 0.6 is 0 Å². The molecule has 1 aliphatic carbocycles. The van der Waals surface area contributed by atoms with E-state index in [0.29, 0.717) is 30.3 Å². The number of ether oxygens (including phenoxy) is 1. The van der Waals surface area contributed by atoms with E-state index in [9.17, 15) is 0 Å². The lowest BCUT2D eigenvalue weighted by Gasteiger charge is -2.23. The predicted molar refractivity (Wildman–Crippen MR) is 117 cm³/mol. The van der Waals surface area contributed by atoms with Crippen molar-refractivity contribution in [2.45, 2.75) is 64.0 Å². The summed E-state index contributed by atoms with van der Waals surface area (Å²) in [7, 11) is 0. The van der Waals surface area contributed by atoms with E-state index >= 15 is 0 Å². The Labute approximate surface area is 177 Å². The highest BCUT2D eigenvalue weighted by Gasteiger charge is 2.26. The second-order valence-corrected chi connectivity index (χ2v) is 8.73. The summed E-state index contributed by atoms with van der Waals surface area (Å²) in [5, 5.41) is 11.5. The number of benzene rings is 1. The predicted octanol–water partition coefficient (Wildman–Crippen LogP) is 3.87. The molecule has 1 atom stereocenters. The first-order valence-corrected chi connectivity index (χ1v) is 11.1. The van der Waals surface area contributed by atoms with Gasteiger partial charge in [-0.1, -0.05) is 38.1 Å². The highest BCUT2D eigenvalue weighted by Crippen LogP contribution is 2.41. The Balaban J connectivity index is 1.45. The van der Waals surface area contributed by atoms with E-state index in [-0.39, 0.29) is 6.10 Å². The van der Waals surface area contributed by atoms with Crippen molar-refractivity contribution in [3.63, 3.8) is 0 Å². The molecule has 2 N–H and O–H groups in total. The van der Waals surface area contributed by atoms with Gasteiger partial charge >= 0.3 is 6.01 Å². The molecule has 7 heteroatoms. The Hall–Kier alpha value is -2.67. The molecule has 1 saturated heterocycles. The first-order valence-electron chi connectivity index (χ1n) is 11.1. The molecule has 7 nitrogen and oxygen atoms in total. The summed E-state index contributed by atoms with van der Waals surface area (Å²) >= 11 is 0. The van der Waals surface area contributed by atoms with Crippen molar-refractivity contribution in [1.29, 1.82) is 0 Å². The molecule has 1 aliphatic heterocycles. The van der Waals surface area contributed by atoms with Crippen LogP contribution in [0, 0.1) is 0 Å². The Bertz CT molecular complexity index is 1020. The van der Waals surface area contributed by atoms with E-state index in [4.69, 9.17) is 14.7 Å². The molecule has 0 amide bonds. The van der Waals surface area contributed by atoms with Crippen LogP contribution in [0.1, 0.15) is 68.1 Å². The van der Waals surface area contributed by atoms with E-state index < -0.39 is 0 Å². The van der Waals surface area contributed by atoms with Crippen LogP contribution in [0.4, 0.5) is 5.95 Å². The molecular formula is C23H30N6O. The molecule has 0 spiro atoms. The zero-order chi connectivity index (χ0) is 20.5. The van der Waals surface area contributed by atoms with Gasteiger partial charge in [-0.05, 0) is 55.2 Å². The number of fused-ring (bicyclic) bond motifs is 1. The first kappa shape index (κ1) is 19.3. The van der Waals surface area contributed by atoms with Crippen LogP contribution < -0.4 is 15.4 Å². The lowest BCUT2D eigenvalue weighted by Crippen LogP contribution is -2.37. The minimum absolute atomic E-state index is 0.107. The van der Waals surface area contributed by atoms with Crippen molar-refractivity contribution in [1.82, 2.24) is 24.9 Å². The normalized spacial score (nSPS) is 19.4. The van der Waals surface area contributed by atoms with E-state index in [1.54, 1.807) is 4.52 Å². The quantitative estimate of drug-likeness (QED) is 0.620. The highest BCUT2D eigenvalue weighted by atomic mass is 16.5. The molecule has 1 unspecified atom stereocenters. The Kier molecular flexibility index (Phi) is 5.29. The standard InChI is InChI=1S/C23H30N6O/c1-15(2)20-14-26-29-21(20)27-23(30-18-7-5-11-24-13-18)28-22(29)25-12-17-6-3-4-8-19(17)16-9-10-16/h3-4,6,8,14-16,18,24H,5,7,9-13H2,1-2H3,(H,25,27,28). The van der Waals surface area contributed by atoms with Crippen molar-refractivity contribution >= 4 is 11.6 Å². The average Bonchev–Trinajstić information content (AvgIpc) is 3.51. The highest BCUT2D eigenvalue weighted by molar-refractivity contribution is 5.53. The van der Waals surface area contributed by atoms with Gasteiger partial charge in [0, 0.05) is 18.7 Å². The fourth-order valence-electron chi connectivity index (χ4n) is 4.18. The van der Waals surface area contributed by atoms with Crippen LogP contribution in [-0.2, 0) is 6.54 Å². The fraction of sp³-hybridized carbons (Fsp3) is 0.522. The summed E-state index contributed by atoms with van der Waals surface area (Å²) < 4.78 is 7.97. The zero-order valence-electron chi connectivity index (χ0n) is 17.8. The third-order valence-corrected chi connectivity index (χ3v) is 6.03. The SMILES string of the molecule is CC(C)c1cnn2c(NCc3ccccc3C3CC3)nc(OC3CCCNC3)nc12. The molecule has 2 fully saturated rings. The number of hydrogen-bond acceptors (Lipinski definition) is 6. The monoisotopic (exact) mass is 406 g/mol. The average molecular weight is 407 g/mol. The van der Waals surface area contributed by atoms with E-state index in [1.807, 2.05) is 6.20 Å². The van der Waals surface area contributed by atoms with Gasteiger partial charge in [-0.25, -0.2) is 0 Å². The van der Waals surface area contributed by atoms with Gasteiger partial charge in [0.05, 0.1) is 6.20 Å². The number of nitrogens with one attached hydrogen (secondary N) is 2.